The van der Waals surface area contributed by atoms with Gasteiger partial charge in [0.05, 0.1) is 16.6 Å². The average molecular weight is 361 g/mol. The number of ether oxygens (including phenoxy) is 1. The molecule has 0 aliphatic heterocycles. The van der Waals surface area contributed by atoms with Crippen LogP contribution in [-0.4, -0.2) is 12.2 Å². The number of methoxy groups -OCH3 is 1. The van der Waals surface area contributed by atoms with E-state index in [1.54, 1.807) is 18.2 Å². The topological polar surface area (TPSA) is 41.5 Å². The van der Waals surface area contributed by atoms with Crippen molar-refractivity contribution in [3.8, 4) is 11.5 Å². The smallest absolute Gasteiger partial charge is 0.172 e. The maximum absolute atomic E-state index is 13.0. The van der Waals surface area contributed by atoms with E-state index >= 15 is 0 Å². The molecular weight excluding hydrogens is 349 g/mol. The molecule has 0 amide bonds. The van der Waals surface area contributed by atoms with Crippen LogP contribution in [0, 0.1) is 5.82 Å². The minimum absolute atomic E-state index is 0.0566. The molecule has 0 saturated carbocycles. The number of hydrogen-bond donors (Lipinski definition) is 2. The summed E-state index contributed by atoms with van der Waals surface area (Å²) in [5.74, 6) is -0.0133. The zero-order valence-corrected chi connectivity index (χ0v) is 12.9. The van der Waals surface area contributed by atoms with E-state index in [0.29, 0.717) is 22.5 Å². The maximum Gasteiger partial charge on any atom is 0.172 e. The first-order valence-electron chi connectivity index (χ1n) is 5.75. The van der Waals surface area contributed by atoms with Crippen LogP contribution in [0.4, 0.5) is 10.1 Å². The Bertz CT molecular complexity index is 637. The Labute approximate surface area is 129 Å². The minimum atomic E-state index is -0.453. The number of aromatic hydroxyl groups is 1. The van der Waals surface area contributed by atoms with Gasteiger partial charge in [-0.05, 0) is 51.8 Å². The van der Waals surface area contributed by atoms with Crippen molar-refractivity contribution in [2.45, 2.75) is 6.54 Å². The van der Waals surface area contributed by atoms with Gasteiger partial charge in [0.15, 0.2) is 11.5 Å². The predicted molar refractivity (Wildman–Crippen MR) is 81.1 cm³/mol. The highest BCUT2D eigenvalue weighted by atomic mass is 79.9. The second kappa shape index (κ2) is 6.33. The molecule has 0 heterocycles. The van der Waals surface area contributed by atoms with Gasteiger partial charge in [-0.1, -0.05) is 11.6 Å². The molecule has 2 aromatic carbocycles. The van der Waals surface area contributed by atoms with Crippen molar-refractivity contribution in [2.75, 3.05) is 12.4 Å². The summed E-state index contributed by atoms with van der Waals surface area (Å²) in [7, 11) is 1.48. The first-order valence-corrected chi connectivity index (χ1v) is 6.92. The number of hydrogen-bond acceptors (Lipinski definition) is 3. The second-order valence-electron chi connectivity index (χ2n) is 4.11. The van der Waals surface area contributed by atoms with Gasteiger partial charge in [-0.25, -0.2) is 4.39 Å². The van der Waals surface area contributed by atoms with Crippen LogP contribution in [0.2, 0.25) is 5.02 Å². The molecule has 106 valence electrons. The Morgan fingerprint density at radius 2 is 2.10 bits per heavy atom. The van der Waals surface area contributed by atoms with Crippen LogP contribution in [0.1, 0.15) is 5.56 Å². The number of rotatable bonds is 4. The van der Waals surface area contributed by atoms with Crippen molar-refractivity contribution in [3.63, 3.8) is 0 Å². The van der Waals surface area contributed by atoms with Crippen molar-refractivity contribution in [2.24, 2.45) is 0 Å². The summed E-state index contributed by atoms with van der Waals surface area (Å²) in [6.07, 6.45) is 0. The Morgan fingerprint density at radius 1 is 1.35 bits per heavy atom. The fraction of sp³-hybridized carbons (Fsp3) is 0.143. The van der Waals surface area contributed by atoms with Gasteiger partial charge in [-0.3, -0.25) is 0 Å². The van der Waals surface area contributed by atoms with E-state index in [2.05, 4.69) is 21.2 Å². The van der Waals surface area contributed by atoms with Gasteiger partial charge in [0.1, 0.15) is 5.82 Å². The molecule has 0 fully saturated rings. The first-order chi connectivity index (χ1) is 9.51. The first kappa shape index (κ1) is 14.9. The molecule has 0 atom stereocenters. The fourth-order valence-corrected chi connectivity index (χ4v) is 2.37. The maximum atomic E-state index is 13.0. The number of halogens is 3. The lowest BCUT2D eigenvalue weighted by atomic mass is 10.2. The third kappa shape index (κ3) is 3.35. The molecule has 0 spiro atoms. The zero-order chi connectivity index (χ0) is 14.7. The Hall–Kier alpha value is -1.46. The van der Waals surface area contributed by atoms with E-state index < -0.39 is 5.82 Å². The van der Waals surface area contributed by atoms with Crippen LogP contribution in [0.25, 0.3) is 0 Å². The molecule has 0 bridgehead atoms. The number of benzene rings is 2. The number of nitrogens with one attached hydrogen (secondary N) is 1. The summed E-state index contributed by atoms with van der Waals surface area (Å²) >= 11 is 8.97. The van der Waals surface area contributed by atoms with Crippen LogP contribution < -0.4 is 10.1 Å². The van der Waals surface area contributed by atoms with Crippen LogP contribution >= 0.6 is 27.5 Å². The number of anilines is 1. The molecule has 0 aliphatic carbocycles. The van der Waals surface area contributed by atoms with Gasteiger partial charge in [-0.15, -0.1) is 0 Å². The normalized spacial score (nSPS) is 10.4. The van der Waals surface area contributed by atoms with Gasteiger partial charge in [-0.2, -0.15) is 0 Å². The summed E-state index contributed by atoms with van der Waals surface area (Å²) in [5.41, 5.74) is 1.60. The summed E-state index contributed by atoms with van der Waals surface area (Å²) in [5, 5.41) is 12.9. The van der Waals surface area contributed by atoms with Gasteiger partial charge in [0.25, 0.3) is 0 Å². The van der Waals surface area contributed by atoms with E-state index in [4.69, 9.17) is 16.3 Å². The number of phenols is 1. The predicted octanol–water partition coefficient (Wildman–Crippen LogP) is 4.57. The molecule has 3 nitrogen and oxygen atoms in total. The summed E-state index contributed by atoms with van der Waals surface area (Å²) in [6, 6.07) is 7.92. The molecule has 2 aromatic rings. The lowest BCUT2D eigenvalue weighted by Gasteiger charge is -2.11. The lowest BCUT2D eigenvalue weighted by molar-refractivity contribution is 0.371. The van der Waals surface area contributed by atoms with Gasteiger partial charge in [0, 0.05) is 12.2 Å². The van der Waals surface area contributed by atoms with Crippen molar-refractivity contribution in [1.82, 2.24) is 0 Å². The second-order valence-corrected chi connectivity index (χ2v) is 5.37. The molecule has 0 unspecified atom stereocenters. The van der Waals surface area contributed by atoms with E-state index in [-0.39, 0.29) is 10.8 Å². The van der Waals surface area contributed by atoms with Gasteiger partial charge in [0.2, 0.25) is 0 Å². The average Bonchev–Trinajstić information content (AvgIpc) is 2.43. The third-order valence-electron chi connectivity index (χ3n) is 2.72. The SMILES string of the molecule is COc1cc(CNc2ccc(F)c(Cl)c2)cc(Br)c1O. The van der Waals surface area contributed by atoms with Crippen LogP contribution in [0.3, 0.4) is 0 Å². The van der Waals surface area contributed by atoms with Crippen LogP contribution in [0.5, 0.6) is 11.5 Å². The van der Waals surface area contributed by atoms with Crippen LogP contribution in [-0.2, 0) is 6.54 Å². The molecular formula is C14H12BrClFNO2. The molecule has 2 N–H and O–H groups in total. The third-order valence-corrected chi connectivity index (χ3v) is 3.62. The van der Waals surface area contributed by atoms with Gasteiger partial charge >= 0.3 is 0 Å². The van der Waals surface area contributed by atoms with Crippen molar-refractivity contribution in [1.29, 1.82) is 0 Å². The Morgan fingerprint density at radius 3 is 2.75 bits per heavy atom. The fourth-order valence-electron chi connectivity index (χ4n) is 1.70. The van der Waals surface area contributed by atoms with E-state index in [0.717, 1.165) is 5.56 Å². The highest BCUT2D eigenvalue weighted by molar-refractivity contribution is 9.10. The highest BCUT2D eigenvalue weighted by Gasteiger charge is 2.08. The van der Waals surface area contributed by atoms with Crippen molar-refractivity contribution < 1.29 is 14.2 Å². The monoisotopic (exact) mass is 359 g/mol. The zero-order valence-electron chi connectivity index (χ0n) is 10.6. The van der Waals surface area contributed by atoms with Crippen LogP contribution in [0.15, 0.2) is 34.8 Å². The standard InChI is InChI=1S/C14H12BrClFNO2/c1-20-13-5-8(4-10(15)14(13)19)7-18-9-2-3-12(17)11(16)6-9/h2-6,18-19H,7H2,1H3. The molecule has 0 saturated heterocycles. The minimum Gasteiger partial charge on any atom is -0.503 e. The van der Waals surface area contributed by atoms with E-state index in [9.17, 15) is 9.50 Å². The Balaban J connectivity index is 2.14. The van der Waals surface area contributed by atoms with Gasteiger partial charge < -0.3 is 15.2 Å². The molecule has 0 aliphatic rings. The lowest BCUT2D eigenvalue weighted by Crippen LogP contribution is -2.00. The van der Waals surface area contributed by atoms with E-state index in [1.165, 1.54) is 19.2 Å². The summed E-state index contributed by atoms with van der Waals surface area (Å²) in [6.45, 7) is 0.483. The molecule has 0 aromatic heterocycles. The van der Waals surface area contributed by atoms with Crippen molar-refractivity contribution in [3.05, 3.63) is 51.2 Å². The summed E-state index contributed by atoms with van der Waals surface area (Å²) < 4.78 is 18.7. The summed E-state index contributed by atoms with van der Waals surface area (Å²) in [4.78, 5) is 0. The number of phenolic OH excluding ortho intramolecular Hbond substituents is 1. The molecule has 20 heavy (non-hydrogen) atoms. The molecule has 2 rings (SSSR count). The molecule has 6 heteroatoms. The highest BCUT2D eigenvalue weighted by Crippen LogP contribution is 2.35. The quantitative estimate of drug-likeness (QED) is 0.839. The molecule has 0 radical (unpaired) electrons. The van der Waals surface area contributed by atoms with Crippen molar-refractivity contribution >= 4 is 33.2 Å². The Kier molecular flexibility index (Phi) is 4.73. The largest absolute Gasteiger partial charge is 0.503 e. The van der Waals surface area contributed by atoms with E-state index in [1.807, 2.05) is 0 Å².